The number of carbonyl (C=O) groups is 1. The van der Waals surface area contributed by atoms with Gasteiger partial charge in [0.15, 0.2) is 0 Å². The maximum Gasteiger partial charge on any atom is 0.255 e. The summed E-state index contributed by atoms with van der Waals surface area (Å²) >= 11 is 4.17. The minimum Gasteiger partial charge on any atom is -0.320 e. The molecule has 0 aliphatic rings. The van der Waals surface area contributed by atoms with Gasteiger partial charge in [-0.15, -0.1) is 12.6 Å². The zero-order valence-corrected chi connectivity index (χ0v) is 10.2. The van der Waals surface area contributed by atoms with Gasteiger partial charge in [-0.05, 0) is 42.8 Å². The van der Waals surface area contributed by atoms with E-state index in [9.17, 15) is 4.79 Å². The van der Waals surface area contributed by atoms with Gasteiger partial charge in [-0.3, -0.25) is 9.78 Å². The van der Waals surface area contributed by atoms with E-state index in [1.54, 1.807) is 36.7 Å². The summed E-state index contributed by atoms with van der Waals surface area (Å²) in [5, 5.41) is 2.82. The first kappa shape index (κ1) is 11.7. The zero-order valence-electron chi connectivity index (χ0n) is 9.34. The molecule has 1 N–H and O–H groups in total. The van der Waals surface area contributed by atoms with Crippen LogP contribution in [-0.2, 0) is 0 Å². The van der Waals surface area contributed by atoms with Gasteiger partial charge in [0.25, 0.3) is 5.91 Å². The van der Waals surface area contributed by atoms with Gasteiger partial charge in [-0.2, -0.15) is 0 Å². The minimum atomic E-state index is -0.144. The van der Waals surface area contributed by atoms with Crippen molar-refractivity contribution in [3.8, 4) is 0 Å². The molecule has 0 saturated carbocycles. The first-order valence-electron chi connectivity index (χ1n) is 5.18. The third-order valence-corrected chi connectivity index (χ3v) is 2.71. The third kappa shape index (κ3) is 2.85. The molecule has 0 aliphatic heterocycles. The first-order chi connectivity index (χ1) is 8.16. The van der Waals surface area contributed by atoms with Crippen LogP contribution in [0.2, 0.25) is 0 Å². The lowest BCUT2D eigenvalue weighted by molar-refractivity contribution is 0.102. The number of rotatable bonds is 2. The predicted octanol–water partition coefficient (Wildman–Crippen LogP) is 2.93. The SMILES string of the molecule is Cc1ccncc1NC(=O)c1ccc(S)cc1. The molecule has 0 aliphatic carbocycles. The van der Waals surface area contributed by atoms with Crippen molar-refractivity contribution in [3.05, 3.63) is 53.9 Å². The summed E-state index contributed by atoms with van der Waals surface area (Å²) in [5.41, 5.74) is 2.32. The van der Waals surface area contributed by atoms with Crippen molar-refractivity contribution in [2.45, 2.75) is 11.8 Å². The van der Waals surface area contributed by atoms with E-state index in [0.29, 0.717) is 5.56 Å². The summed E-state index contributed by atoms with van der Waals surface area (Å²) in [4.78, 5) is 16.7. The maximum atomic E-state index is 11.9. The fraction of sp³-hybridized carbons (Fsp3) is 0.0769. The standard InChI is InChI=1S/C13H12N2OS/c1-9-6-7-14-8-12(9)15-13(16)10-2-4-11(17)5-3-10/h2-8,17H,1H3,(H,15,16). The highest BCUT2D eigenvalue weighted by Crippen LogP contribution is 2.14. The zero-order chi connectivity index (χ0) is 12.3. The van der Waals surface area contributed by atoms with Crippen LogP contribution < -0.4 is 5.32 Å². The number of nitrogens with zero attached hydrogens (tertiary/aromatic N) is 1. The topological polar surface area (TPSA) is 42.0 Å². The average Bonchev–Trinajstić information content (AvgIpc) is 2.33. The maximum absolute atomic E-state index is 11.9. The summed E-state index contributed by atoms with van der Waals surface area (Å²) in [6.07, 6.45) is 3.33. The molecule has 0 radical (unpaired) electrons. The molecule has 2 aromatic rings. The number of nitrogens with one attached hydrogen (secondary N) is 1. The van der Waals surface area contributed by atoms with Crippen LogP contribution in [-0.4, -0.2) is 10.9 Å². The molecule has 2 rings (SSSR count). The van der Waals surface area contributed by atoms with Crippen LogP contribution in [0.5, 0.6) is 0 Å². The van der Waals surface area contributed by atoms with Crippen LogP contribution in [0.1, 0.15) is 15.9 Å². The van der Waals surface area contributed by atoms with Crippen LogP contribution in [0.3, 0.4) is 0 Å². The van der Waals surface area contributed by atoms with Crippen molar-refractivity contribution in [2.75, 3.05) is 5.32 Å². The van der Waals surface area contributed by atoms with Crippen LogP contribution in [0.4, 0.5) is 5.69 Å². The number of benzene rings is 1. The molecule has 1 heterocycles. The molecule has 0 saturated heterocycles. The highest BCUT2D eigenvalue weighted by molar-refractivity contribution is 7.80. The summed E-state index contributed by atoms with van der Waals surface area (Å²) in [7, 11) is 0. The Morgan fingerprint density at radius 3 is 2.59 bits per heavy atom. The summed E-state index contributed by atoms with van der Waals surface area (Å²) in [6, 6.07) is 8.90. The lowest BCUT2D eigenvalue weighted by Gasteiger charge is -2.07. The number of aromatic nitrogens is 1. The van der Waals surface area contributed by atoms with E-state index in [-0.39, 0.29) is 5.91 Å². The van der Waals surface area contributed by atoms with Crippen LogP contribution in [0.15, 0.2) is 47.6 Å². The molecule has 3 nitrogen and oxygen atoms in total. The van der Waals surface area contributed by atoms with E-state index in [4.69, 9.17) is 0 Å². The molecule has 1 aromatic carbocycles. The van der Waals surface area contributed by atoms with Crippen molar-refractivity contribution in [1.82, 2.24) is 4.98 Å². The minimum absolute atomic E-state index is 0.144. The lowest BCUT2D eigenvalue weighted by atomic mass is 10.2. The van der Waals surface area contributed by atoms with Crippen molar-refractivity contribution in [3.63, 3.8) is 0 Å². The number of aryl methyl sites for hydroxylation is 1. The Morgan fingerprint density at radius 2 is 1.94 bits per heavy atom. The van der Waals surface area contributed by atoms with Gasteiger partial charge in [0.1, 0.15) is 0 Å². The van der Waals surface area contributed by atoms with Crippen LogP contribution >= 0.6 is 12.6 Å². The van der Waals surface area contributed by atoms with Crippen LogP contribution in [0, 0.1) is 6.92 Å². The normalized spacial score (nSPS) is 10.0. The summed E-state index contributed by atoms with van der Waals surface area (Å²) in [6.45, 7) is 1.92. The number of hydrogen-bond acceptors (Lipinski definition) is 3. The van der Waals surface area contributed by atoms with Crippen molar-refractivity contribution in [1.29, 1.82) is 0 Å². The van der Waals surface area contributed by atoms with E-state index < -0.39 is 0 Å². The fourth-order valence-electron chi connectivity index (χ4n) is 1.40. The van der Waals surface area contributed by atoms with Crippen molar-refractivity contribution >= 4 is 24.2 Å². The Balaban J connectivity index is 2.17. The molecule has 4 heteroatoms. The Hall–Kier alpha value is -1.81. The molecule has 0 fully saturated rings. The second kappa shape index (κ2) is 5.01. The van der Waals surface area contributed by atoms with E-state index in [2.05, 4.69) is 22.9 Å². The largest absolute Gasteiger partial charge is 0.320 e. The molecular weight excluding hydrogens is 232 g/mol. The lowest BCUT2D eigenvalue weighted by Crippen LogP contribution is -2.12. The number of thiol groups is 1. The number of carbonyl (C=O) groups excluding carboxylic acids is 1. The molecule has 0 bridgehead atoms. The Labute approximate surface area is 105 Å². The highest BCUT2D eigenvalue weighted by Gasteiger charge is 2.06. The molecule has 17 heavy (non-hydrogen) atoms. The van der Waals surface area contributed by atoms with Gasteiger partial charge in [0.05, 0.1) is 11.9 Å². The Kier molecular flexibility index (Phi) is 3.44. The van der Waals surface area contributed by atoms with Gasteiger partial charge in [-0.1, -0.05) is 0 Å². The smallest absolute Gasteiger partial charge is 0.255 e. The van der Waals surface area contributed by atoms with Gasteiger partial charge in [0, 0.05) is 16.7 Å². The second-order valence-corrected chi connectivity index (χ2v) is 4.21. The molecular formula is C13H12N2OS. The number of amides is 1. The summed E-state index contributed by atoms with van der Waals surface area (Å²) in [5.74, 6) is -0.144. The number of pyridine rings is 1. The molecule has 1 amide bonds. The molecule has 0 spiro atoms. The second-order valence-electron chi connectivity index (χ2n) is 3.69. The van der Waals surface area contributed by atoms with Crippen molar-refractivity contribution in [2.24, 2.45) is 0 Å². The number of hydrogen-bond donors (Lipinski definition) is 2. The van der Waals surface area contributed by atoms with Gasteiger partial charge in [-0.25, -0.2) is 0 Å². The monoisotopic (exact) mass is 244 g/mol. The summed E-state index contributed by atoms with van der Waals surface area (Å²) < 4.78 is 0. The molecule has 86 valence electrons. The molecule has 0 atom stereocenters. The molecule has 1 aromatic heterocycles. The fourth-order valence-corrected chi connectivity index (χ4v) is 1.55. The van der Waals surface area contributed by atoms with E-state index in [1.165, 1.54) is 0 Å². The van der Waals surface area contributed by atoms with E-state index in [0.717, 1.165) is 16.1 Å². The van der Waals surface area contributed by atoms with Gasteiger partial charge in [0.2, 0.25) is 0 Å². The Morgan fingerprint density at radius 1 is 1.24 bits per heavy atom. The van der Waals surface area contributed by atoms with Gasteiger partial charge < -0.3 is 5.32 Å². The number of anilines is 1. The Bertz CT molecular complexity index is 537. The molecule has 0 unspecified atom stereocenters. The van der Waals surface area contributed by atoms with Crippen molar-refractivity contribution < 1.29 is 4.79 Å². The van der Waals surface area contributed by atoms with Crippen LogP contribution in [0.25, 0.3) is 0 Å². The average molecular weight is 244 g/mol. The first-order valence-corrected chi connectivity index (χ1v) is 5.62. The van der Waals surface area contributed by atoms with E-state index >= 15 is 0 Å². The predicted molar refractivity (Wildman–Crippen MR) is 70.6 cm³/mol. The quantitative estimate of drug-likeness (QED) is 0.798. The third-order valence-electron chi connectivity index (χ3n) is 2.42. The van der Waals surface area contributed by atoms with Gasteiger partial charge >= 0.3 is 0 Å². The highest BCUT2D eigenvalue weighted by atomic mass is 32.1. The van der Waals surface area contributed by atoms with E-state index in [1.807, 2.05) is 13.0 Å².